The van der Waals surface area contributed by atoms with Crippen molar-refractivity contribution in [3.63, 3.8) is 0 Å². The fourth-order valence-corrected chi connectivity index (χ4v) is 12.7. The number of methoxy groups -OCH3 is 1. The van der Waals surface area contributed by atoms with Crippen LogP contribution in [0.25, 0.3) is 0 Å². The predicted molar refractivity (Wildman–Crippen MR) is 209 cm³/mol. The lowest BCUT2D eigenvalue weighted by atomic mass is 9.45. The van der Waals surface area contributed by atoms with Gasteiger partial charge >= 0.3 is 5.97 Å². The lowest BCUT2D eigenvalue weighted by Crippen LogP contribution is -2.62. The van der Waals surface area contributed by atoms with Crippen LogP contribution in [0.15, 0.2) is 0 Å². The van der Waals surface area contributed by atoms with Gasteiger partial charge in [-0.2, -0.15) is 5.06 Å². The third-order valence-corrected chi connectivity index (χ3v) is 16.1. The van der Waals surface area contributed by atoms with E-state index in [0.29, 0.717) is 54.9 Å². The number of ether oxygens (including phenoxy) is 1. The van der Waals surface area contributed by atoms with Gasteiger partial charge in [0.05, 0.1) is 18.8 Å². The minimum atomic E-state index is -0.948. The average molecular weight is 775 g/mol. The number of aliphatic hydroxyl groups excluding tert-OH is 2. The molecule has 1 saturated heterocycles. The molecule has 0 spiro atoms. The summed E-state index contributed by atoms with van der Waals surface area (Å²) in [5, 5.41) is 39.6. The second kappa shape index (κ2) is 18.0. The fourth-order valence-electron chi connectivity index (χ4n) is 12.7. The van der Waals surface area contributed by atoms with Gasteiger partial charge in [0.1, 0.15) is 18.2 Å². The summed E-state index contributed by atoms with van der Waals surface area (Å²) in [5.41, 5.74) is 0.296. The molecule has 314 valence electrons. The molecule has 0 aromatic carbocycles. The number of hydrogen-bond acceptors (Lipinski definition) is 9. The first-order valence-corrected chi connectivity index (χ1v) is 21.9. The lowest BCUT2D eigenvalue weighted by molar-refractivity contribution is -0.193. The molecule has 7 fully saturated rings. The molecule has 0 aromatic rings. The second-order valence-electron chi connectivity index (χ2n) is 19.7. The molecular formula is C43H74N4O8. The summed E-state index contributed by atoms with van der Waals surface area (Å²) < 4.78 is 6.37. The standard InChI is InChI=1S/C43H74N4O8/c1-24-33-20-30(43(33,3)4)21-34(24)44-41(51)38-37(25(2)49)36(23-48)55-47(38)22-27-14-11-15-32(39(27)54-7)28-17-29(19-31(18-28)46(5)6)40(50)45-35(42(52)53)16-26-12-9-8-10-13-26/h24-39,48-49H,8-23H2,1-7H3,(H,44,51)(H,45,50)(H,52,53)/t24-,25-,27?,28?,29?,30+,31?,32?,33-,34-,35+,36-,37+,38-,39?/m0/s1. The van der Waals surface area contributed by atoms with E-state index >= 15 is 0 Å². The number of amides is 2. The summed E-state index contributed by atoms with van der Waals surface area (Å²) in [6.45, 7) is 8.77. The third kappa shape index (κ3) is 9.09. The van der Waals surface area contributed by atoms with Crippen molar-refractivity contribution in [2.24, 2.45) is 58.7 Å². The van der Waals surface area contributed by atoms with Crippen molar-refractivity contribution >= 4 is 17.8 Å². The number of fused-ring (bicyclic) bond motifs is 2. The van der Waals surface area contributed by atoms with Crippen LogP contribution < -0.4 is 10.6 Å². The minimum absolute atomic E-state index is 0.0343. The van der Waals surface area contributed by atoms with E-state index < -0.39 is 36.2 Å². The summed E-state index contributed by atoms with van der Waals surface area (Å²) in [6.07, 6.45) is 11.6. The Morgan fingerprint density at radius 1 is 0.982 bits per heavy atom. The van der Waals surface area contributed by atoms with E-state index in [1.165, 1.54) is 12.8 Å². The second-order valence-corrected chi connectivity index (χ2v) is 19.7. The maximum absolute atomic E-state index is 14.3. The Bertz CT molecular complexity index is 1320. The molecule has 0 radical (unpaired) electrons. The Morgan fingerprint density at radius 3 is 2.31 bits per heavy atom. The first-order valence-electron chi connectivity index (χ1n) is 21.9. The average Bonchev–Trinajstić information content (AvgIpc) is 3.53. The number of aliphatic carboxylic acids is 1. The monoisotopic (exact) mass is 775 g/mol. The highest BCUT2D eigenvalue weighted by Crippen LogP contribution is 2.61. The zero-order chi connectivity index (χ0) is 39.8. The Balaban J connectivity index is 1.15. The summed E-state index contributed by atoms with van der Waals surface area (Å²) in [6, 6.07) is -1.36. The van der Waals surface area contributed by atoms with Crippen LogP contribution in [-0.4, -0.2) is 120 Å². The van der Waals surface area contributed by atoms with Crippen LogP contribution in [-0.2, 0) is 24.0 Å². The molecule has 5 N–H and O–H groups in total. The van der Waals surface area contributed by atoms with Crippen molar-refractivity contribution in [1.82, 2.24) is 20.6 Å². The number of nitrogens with zero attached hydrogens (tertiary/aromatic N) is 2. The number of carboxylic acid groups (broad SMARTS) is 1. The Hall–Kier alpha value is -1.83. The van der Waals surface area contributed by atoms with Gasteiger partial charge in [0.2, 0.25) is 11.8 Å². The van der Waals surface area contributed by atoms with E-state index in [-0.39, 0.29) is 60.3 Å². The van der Waals surface area contributed by atoms with Crippen LogP contribution >= 0.6 is 0 Å². The number of hydrogen-bond donors (Lipinski definition) is 5. The molecule has 7 rings (SSSR count). The summed E-state index contributed by atoms with van der Waals surface area (Å²) in [5.74, 6) is 0.161. The van der Waals surface area contributed by atoms with Gasteiger partial charge in [0, 0.05) is 43.5 Å². The Morgan fingerprint density at radius 2 is 1.71 bits per heavy atom. The molecule has 6 unspecified atom stereocenters. The highest BCUT2D eigenvalue weighted by atomic mass is 16.7. The first kappa shape index (κ1) is 42.8. The van der Waals surface area contributed by atoms with Gasteiger partial charge in [-0.05, 0) is 113 Å². The summed E-state index contributed by atoms with van der Waals surface area (Å²) >= 11 is 0. The highest BCUT2D eigenvalue weighted by Gasteiger charge is 2.58. The quantitative estimate of drug-likeness (QED) is 0.171. The fraction of sp³-hybridized carbons (Fsp3) is 0.930. The minimum Gasteiger partial charge on any atom is -0.480 e. The number of hydroxylamine groups is 2. The topological polar surface area (TPSA) is 161 Å². The van der Waals surface area contributed by atoms with Crippen LogP contribution in [0.1, 0.15) is 118 Å². The number of carbonyl (C=O) groups is 3. The maximum atomic E-state index is 14.3. The Kier molecular flexibility index (Phi) is 14.0. The predicted octanol–water partition coefficient (Wildman–Crippen LogP) is 4.46. The van der Waals surface area contributed by atoms with Crippen LogP contribution in [0.3, 0.4) is 0 Å². The SMILES string of the molecule is COC1C(CN2O[C@@H](CO)[C@@H]([C@H](C)O)[C@H]2C(=O)N[C@H]2C[C@H]3C[C@@H]([C@@H]2C)C3(C)C)CCCC1C1CC(C(=O)N[C@H](CC2CCCCC2)C(=O)O)CC(N(C)C)C1. The van der Waals surface area contributed by atoms with Crippen LogP contribution in [0.4, 0.5) is 0 Å². The normalized spacial score (nSPS) is 40.6. The largest absolute Gasteiger partial charge is 0.480 e. The zero-order valence-electron chi connectivity index (χ0n) is 34.8. The van der Waals surface area contributed by atoms with E-state index in [2.05, 4.69) is 50.4 Å². The van der Waals surface area contributed by atoms with Gasteiger partial charge < -0.3 is 35.6 Å². The number of rotatable bonds is 14. The molecule has 1 heterocycles. The zero-order valence-corrected chi connectivity index (χ0v) is 34.8. The van der Waals surface area contributed by atoms with Gasteiger partial charge in [-0.1, -0.05) is 59.3 Å². The Labute approximate surface area is 330 Å². The number of nitrogens with one attached hydrogen (secondary N) is 2. The van der Waals surface area contributed by atoms with E-state index in [9.17, 15) is 29.7 Å². The van der Waals surface area contributed by atoms with Crippen LogP contribution in [0.2, 0.25) is 0 Å². The van der Waals surface area contributed by atoms with Gasteiger partial charge in [-0.15, -0.1) is 0 Å². The van der Waals surface area contributed by atoms with Crippen molar-refractivity contribution in [1.29, 1.82) is 0 Å². The number of carbonyl (C=O) groups excluding carboxylic acids is 2. The molecular weight excluding hydrogens is 700 g/mol. The molecule has 0 aromatic heterocycles. The smallest absolute Gasteiger partial charge is 0.326 e. The van der Waals surface area contributed by atoms with Crippen LogP contribution in [0.5, 0.6) is 0 Å². The third-order valence-electron chi connectivity index (χ3n) is 16.1. The molecule has 2 bridgehead atoms. The van der Waals surface area contributed by atoms with Crippen molar-refractivity contribution in [2.75, 3.05) is 34.4 Å². The molecule has 15 atom stereocenters. The molecule has 55 heavy (non-hydrogen) atoms. The lowest BCUT2D eigenvalue weighted by Gasteiger charge is -2.62. The number of carboxylic acids is 1. The van der Waals surface area contributed by atoms with Crippen molar-refractivity contribution < 1.29 is 39.3 Å². The highest BCUT2D eigenvalue weighted by molar-refractivity contribution is 5.85. The molecule has 2 amide bonds. The molecule has 1 aliphatic heterocycles. The van der Waals surface area contributed by atoms with Crippen LogP contribution in [0, 0.1) is 58.7 Å². The van der Waals surface area contributed by atoms with Gasteiger partial charge in [-0.3, -0.25) is 14.4 Å². The summed E-state index contributed by atoms with van der Waals surface area (Å²) in [7, 11) is 5.88. The van der Waals surface area contributed by atoms with E-state index in [0.717, 1.165) is 57.8 Å². The molecule has 12 nitrogen and oxygen atoms in total. The van der Waals surface area contributed by atoms with Gasteiger partial charge in [0.15, 0.2) is 0 Å². The van der Waals surface area contributed by atoms with Crippen molar-refractivity contribution in [2.45, 2.75) is 160 Å². The molecule has 6 saturated carbocycles. The number of aliphatic hydroxyl groups is 2. The van der Waals surface area contributed by atoms with Crippen molar-refractivity contribution in [3.05, 3.63) is 0 Å². The molecule has 12 heteroatoms. The van der Waals surface area contributed by atoms with E-state index in [1.54, 1.807) is 19.1 Å². The van der Waals surface area contributed by atoms with Crippen molar-refractivity contribution in [3.8, 4) is 0 Å². The van der Waals surface area contributed by atoms with E-state index in [1.807, 2.05) is 0 Å². The van der Waals surface area contributed by atoms with E-state index in [4.69, 9.17) is 9.57 Å². The summed E-state index contributed by atoms with van der Waals surface area (Å²) in [4.78, 5) is 49.2. The van der Waals surface area contributed by atoms with Gasteiger partial charge in [0.25, 0.3) is 0 Å². The molecule has 6 aliphatic carbocycles. The first-order chi connectivity index (χ1) is 26.1. The maximum Gasteiger partial charge on any atom is 0.326 e. The molecule has 7 aliphatic rings. The van der Waals surface area contributed by atoms with Gasteiger partial charge in [-0.25, -0.2) is 4.79 Å².